The minimum Gasteiger partial charge on any atom is -0.496 e. The monoisotopic (exact) mass is 470 g/mol. The molecule has 0 heterocycles. The van der Waals surface area contributed by atoms with Crippen LogP contribution in [0.25, 0.3) is 0 Å². The van der Waals surface area contributed by atoms with Crippen LogP contribution in [0.1, 0.15) is 18.1 Å². The van der Waals surface area contributed by atoms with Crippen molar-refractivity contribution in [2.45, 2.75) is 20.0 Å². The van der Waals surface area contributed by atoms with E-state index in [1.165, 1.54) is 6.07 Å². The van der Waals surface area contributed by atoms with Crippen LogP contribution in [-0.2, 0) is 13.1 Å². The Bertz CT molecular complexity index is 753. The van der Waals surface area contributed by atoms with Crippen LogP contribution in [0.15, 0.2) is 53.5 Å². The number of nitrogens with zero attached hydrogens (tertiary/aromatic N) is 2. The van der Waals surface area contributed by atoms with Crippen molar-refractivity contribution in [3.8, 4) is 5.75 Å². The first-order chi connectivity index (χ1) is 12.2. The molecule has 0 spiro atoms. The quantitative estimate of drug-likeness (QED) is 0.213. The molecule has 0 saturated carbocycles. The molecule has 0 aromatic heterocycles. The maximum atomic E-state index is 11.1. The Morgan fingerprint density at radius 3 is 2.42 bits per heavy atom. The van der Waals surface area contributed by atoms with Gasteiger partial charge in [0.2, 0.25) is 0 Å². The summed E-state index contributed by atoms with van der Waals surface area (Å²) in [5, 5.41) is 17.4. The maximum Gasteiger partial charge on any atom is 0.274 e. The number of benzene rings is 2. The molecule has 8 heteroatoms. The normalized spacial score (nSPS) is 10.6. The van der Waals surface area contributed by atoms with Gasteiger partial charge < -0.3 is 15.4 Å². The summed E-state index contributed by atoms with van der Waals surface area (Å²) in [7, 11) is 1.63. The van der Waals surface area contributed by atoms with Gasteiger partial charge in [-0.1, -0.05) is 36.4 Å². The molecule has 0 unspecified atom stereocenters. The van der Waals surface area contributed by atoms with Gasteiger partial charge in [-0.25, -0.2) is 4.99 Å². The minimum atomic E-state index is -0.379. The van der Waals surface area contributed by atoms with Crippen LogP contribution in [0, 0.1) is 10.1 Å². The van der Waals surface area contributed by atoms with Gasteiger partial charge in [-0.2, -0.15) is 0 Å². The molecule has 0 aliphatic heterocycles. The van der Waals surface area contributed by atoms with E-state index in [0.717, 1.165) is 11.3 Å². The van der Waals surface area contributed by atoms with Gasteiger partial charge in [0, 0.05) is 30.3 Å². The highest BCUT2D eigenvalue weighted by atomic mass is 127. The lowest BCUT2D eigenvalue weighted by atomic mass is 10.2. The zero-order valence-electron chi connectivity index (χ0n) is 14.8. The van der Waals surface area contributed by atoms with Gasteiger partial charge in [-0.15, -0.1) is 24.0 Å². The summed E-state index contributed by atoms with van der Waals surface area (Å²) in [6.45, 7) is 3.41. The fourth-order valence-corrected chi connectivity index (χ4v) is 2.36. The van der Waals surface area contributed by atoms with Gasteiger partial charge in [0.25, 0.3) is 5.69 Å². The number of aliphatic imine (C=N–C) groups is 1. The summed E-state index contributed by atoms with van der Waals surface area (Å²) in [4.78, 5) is 15.2. The molecule has 26 heavy (non-hydrogen) atoms. The number of hydrogen-bond acceptors (Lipinski definition) is 4. The molecule has 0 bridgehead atoms. The number of para-hydroxylation sites is 2. The molecular formula is C18H23IN4O3. The van der Waals surface area contributed by atoms with Crippen LogP contribution >= 0.6 is 24.0 Å². The Morgan fingerprint density at radius 1 is 1.12 bits per heavy atom. The summed E-state index contributed by atoms with van der Waals surface area (Å²) in [6.07, 6.45) is 0. The number of methoxy groups -OCH3 is 1. The molecule has 0 radical (unpaired) electrons. The fourth-order valence-electron chi connectivity index (χ4n) is 2.36. The number of nitrogens with one attached hydrogen (secondary N) is 2. The number of halogens is 1. The van der Waals surface area contributed by atoms with Crippen molar-refractivity contribution in [2.75, 3.05) is 13.7 Å². The number of nitro groups is 1. The predicted octanol–water partition coefficient (Wildman–Crippen LogP) is 3.48. The van der Waals surface area contributed by atoms with Crippen molar-refractivity contribution >= 4 is 35.6 Å². The molecular weight excluding hydrogens is 447 g/mol. The third-order valence-electron chi connectivity index (χ3n) is 3.58. The van der Waals surface area contributed by atoms with E-state index < -0.39 is 0 Å². The van der Waals surface area contributed by atoms with Crippen molar-refractivity contribution < 1.29 is 9.66 Å². The Morgan fingerprint density at radius 2 is 1.77 bits per heavy atom. The van der Waals surface area contributed by atoms with Crippen molar-refractivity contribution in [1.82, 2.24) is 10.6 Å². The third-order valence-corrected chi connectivity index (χ3v) is 3.58. The van der Waals surface area contributed by atoms with E-state index in [-0.39, 0.29) is 34.6 Å². The zero-order valence-corrected chi connectivity index (χ0v) is 17.1. The van der Waals surface area contributed by atoms with Crippen molar-refractivity contribution in [3.63, 3.8) is 0 Å². The van der Waals surface area contributed by atoms with Crippen LogP contribution in [0.5, 0.6) is 5.75 Å². The van der Waals surface area contributed by atoms with Crippen molar-refractivity contribution in [1.29, 1.82) is 0 Å². The van der Waals surface area contributed by atoms with E-state index in [2.05, 4.69) is 15.6 Å². The van der Waals surface area contributed by atoms with Gasteiger partial charge in [-0.05, 0) is 13.0 Å². The van der Waals surface area contributed by atoms with Crippen molar-refractivity contribution in [2.24, 2.45) is 4.99 Å². The Balaban J connectivity index is 0.00000338. The smallest absolute Gasteiger partial charge is 0.274 e. The van der Waals surface area contributed by atoms with Crippen molar-refractivity contribution in [3.05, 3.63) is 69.8 Å². The molecule has 0 aliphatic rings. The standard InChI is InChI=1S/C18H22N4O3.HI/c1-3-19-18(21-13-15-9-5-7-11-17(15)25-2)20-12-14-8-4-6-10-16(14)22(23)24;/h4-11H,3,12-13H2,1-2H3,(H2,19,20,21);1H. The second-order valence-corrected chi connectivity index (χ2v) is 5.25. The number of nitro benzene ring substituents is 1. The molecule has 2 aromatic carbocycles. The average Bonchev–Trinajstić information content (AvgIpc) is 2.64. The second kappa shape index (κ2) is 11.3. The molecule has 0 atom stereocenters. The Kier molecular flexibility index (Phi) is 9.42. The van der Waals surface area contributed by atoms with Gasteiger partial charge in [0.15, 0.2) is 5.96 Å². The first kappa shape index (κ1) is 21.7. The molecule has 2 aromatic rings. The van der Waals surface area contributed by atoms with Crippen LogP contribution in [0.3, 0.4) is 0 Å². The van der Waals surface area contributed by atoms with Gasteiger partial charge >= 0.3 is 0 Å². The molecule has 0 saturated heterocycles. The lowest BCUT2D eigenvalue weighted by Crippen LogP contribution is -2.36. The van der Waals surface area contributed by atoms with E-state index in [1.54, 1.807) is 25.3 Å². The maximum absolute atomic E-state index is 11.1. The SMILES string of the molecule is CCNC(=NCc1ccccc1OC)NCc1ccccc1[N+](=O)[O-].I. The molecule has 140 valence electrons. The van der Waals surface area contributed by atoms with E-state index in [9.17, 15) is 10.1 Å². The molecule has 0 amide bonds. The van der Waals surface area contributed by atoms with E-state index in [4.69, 9.17) is 4.74 Å². The summed E-state index contributed by atoms with van der Waals surface area (Å²) in [5.41, 5.74) is 1.67. The second-order valence-electron chi connectivity index (χ2n) is 5.25. The van der Waals surface area contributed by atoms with E-state index in [1.807, 2.05) is 31.2 Å². The first-order valence-electron chi connectivity index (χ1n) is 8.02. The van der Waals surface area contributed by atoms with Crippen LogP contribution in [0.2, 0.25) is 0 Å². The lowest BCUT2D eigenvalue weighted by molar-refractivity contribution is -0.385. The molecule has 2 rings (SSSR count). The number of ether oxygens (including phenoxy) is 1. The largest absolute Gasteiger partial charge is 0.496 e. The van der Waals surface area contributed by atoms with Crippen LogP contribution in [0.4, 0.5) is 5.69 Å². The van der Waals surface area contributed by atoms with E-state index in [0.29, 0.717) is 31.2 Å². The average molecular weight is 470 g/mol. The lowest BCUT2D eigenvalue weighted by Gasteiger charge is -2.12. The van der Waals surface area contributed by atoms with Gasteiger partial charge in [0.1, 0.15) is 5.75 Å². The molecule has 0 fully saturated rings. The van der Waals surface area contributed by atoms with Gasteiger partial charge in [0.05, 0.1) is 18.6 Å². The van der Waals surface area contributed by atoms with Crippen LogP contribution in [-0.4, -0.2) is 24.5 Å². The summed E-state index contributed by atoms with van der Waals surface area (Å²) in [6, 6.07) is 14.3. The predicted molar refractivity (Wildman–Crippen MR) is 113 cm³/mol. The first-order valence-corrected chi connectivity index (χ1v) is 8.02. The molecule has 0 aliphatic carbocycles. The van der Waals surface area contributed by atoms with Gasteiger partial charge in [-0.3, -0.25) is 10.1 Å². The Labute approximate surface area is 170 Å². The zero-order chi connectivity index (χ0) is 18.1. The van der Waals surface area contributed by atoms with Crippen LogP contribution < -0.4 is 15.4 Å². The molecule has 7 nitrogen and oxygen atoms in total. The van der Waals surface area contributed by atoms with E-state index >= 15 is 0 Å². The highest BCUT2D eigenvalue weighted by molar-refractivity contribution is 14.0. The number of hydrogen-bond donors (Lipinski definition) is 2. The molecule has 2 N–H and O–H groups in total. The third kappa shape index (κ3) is 6.17. The minimum absolute atomic E-state index is 0. The topological polar surface area (TPSA) is 88.8 Å². The highest BCUT2D eigenvalue weighted by Crippen LogP contribution is 2.18. The summed E-state index contributed by atoms with van der Waals surface area (Å²) < 4.78 is 5.32. The highest BCUT2D eigenvalue weighted by Gasteiger charge is 2.12. The number of rotatable bonds is 7. The Hall–Kier alpha value is -2.36. The summed E-state index contributed by atoms with van der Waals surface area (Å²) in [5.74, 6) is 1.37. The summed E-state index contributed by atoms with van der Waals surface area (Å²) >= 11 is 0. The fraction of sp³-hybridized carbons (Fsp3) is 0.278. The number of guanidine groups is 1.